The molecule has 3 aromatic rings. The van der Waals surface area contributed by atoms with Crippen molar-refractivity contribution in [3.05, 3.63) is 101 Å². The average Bonchev–Trinajstić information content (AvgIpc) is 3.15. The lowest BCUT2D eigenvalue weighted by Gasteiger charge is -2.27. The number of anilines is 2. The van der Waals surface area contributed by atoms with Gasteiger partial charge >= 0.3 is 0 Å². The quantitative estimate of drug-likeness (QED) is 0.576. The van der Waals surface area contributed by atoms with Crippen LogP contribution < -0.4 is 15.7 Å². The number of nitrogens with zero attached hydrogens (tertiary/aromatic N) is 4. The molecule has 1 N–H and O–H groups in total. The summed E-state index contributed by atoms with van der Waals surface area (Å²) >= 11 is 0. The Labute approximate surface area is 149 Å². The lowest BCUT2D eigenvalue weighted by Crippen LogP contribution is -2.44. The van der Waals surface area contributed by atoms with E-state index in [1.807, 2.05) is 60.7 Å². The number of nitro groups is 1. The first-order valence-corrected chi connectivity index (χ1v) is 8.03. The molecule has 0 fully saturated rings. The van der Waals surface area contributed by atoms with Gasteiger partial charge < -0.3 is 0 Å². The van der Waals surface area contributed by atoms with Crippen LogP contribution in [0.3, 0.4) is 0 Å². The van der Waals surface area contributed by atoms with E-state index in [9.17, 15) is 10.1 Å². The summed E-state index contributed by atoms with van der Waals surface area (Å²) in [6.07, 6.45) is 0. The summed E-state index contributed by atoms with van der Waals surface area (Å²) in [5.41, 5.74) is 5.86. The highest BCUT2D eigenvalue weighted by Gasteiger charge is 2.26. The first-order valence-electron chi connectivity index (χ1n) is 8.03. The molecule has 0 aromatic heterocycles. The van der Waals surface area contributed by atoms with E-state index in [0.29, 0.717) is 11.5 Å². The van der Waals surface area contributed by atoms with E-state index >= 15 is 0 Å². The van der Waals surface area contributed by atoms with Crippen LogP contribution in [0.2, 0.25) is 0 Å². The van der Waals surface area contributed by atoms with Gasteiger partial charge in [0.1, 0.15) is 0 Å². The Morgan fingerprint density at radius 1 is 0.808 bits per heavy atom. The summed E-state index contributed by atoms with van der Waals surface area (Å²) in [5.74, 6) is 0.688. The van der Waals surface area contributed by atoms with Gasteiger partial charge in [-0.3, -0.25) is 15.5 Å². The molecule has 0 bridgehead atoms. The maximum absolute atomic E-state index is 10.9. The van der Waals surface area contributed by atoms with Gasteiger partial charge in [-0.2, -0.15) is 10.2 Å². The number of hydrogen-bond donors (Lipinski definition) is 1. The van der Waals surface area contributed by atoms with Crippen molar-refractivity contribution in [3.63, 3.8) is 0 Å². The predicted molar refractivity (Wildman–Crippen MR) is 101 cm³/mol. The Morgan fingerprint density at radius 3 is 2.04 bits per heavy atom. The van der Waals surface area contributed by atoms with Crippen molar-refractivity contribution in [1.82, 2.24) is 5.43 Å². The molecular formula is C19H15N5O2. The Kier molecular flexibility index (Phi) is 3.95. The molecule has 0 atom stereocenters. The summed E-state index contributed by atoms with van der Waals surface area (Å²) in [6.45, 7) is 0. The van der Waals surface area contributed by atoms with Gasteiger partial charge in [-0.1, -0.05) is 48.5 Å². The summed E-state index contributed by atoms with van der Waals surface area (Å²) < 4.78 is 0. The van der Waals surface area contributed by atoms with Crippen molar-refractivity contribution in [2.24, 2.45) is 5.10 Å². The molecule has 26 heavy (non-hydrogen) atoms. The standard InChI is InChI=1S/C19H15N5O2/c25-24(26)18-13-11-17(12-14-18)23-21-19(15-7-3-1-4-8-15)20-22(23)16-9-5-2-6-10-16/h1-14H,(H,20,21). The molecule has 0 spiro atoms. The molecule has 7 nitrogen and oxygen atoms in total. The first kappa shape index (κ1) is 15.6. The lowest BCUT2D eigenvalue weighted by atomic mass is 10.2. The highest BCUT2D eigenvalue weighted by Crippen LogP contribution is 2.27. The second-order valence-corrected chi connectivity index (χ2v) is 5.64. The van der Waals surface area contributed by atoms with Crippen LogP contribution in [-0.4, -0.2) is 10.8 Å². The summed E-state index contributed by atoms with van der Waals surface area (Å²) in [5, 5.41) is 19.0. The second-order valence-electron chi connectivity index (χ2n) is 5.64. The molecule has 0 unspecified atom stereocenters. The van der Waals surface area contributed by atoms with Crippen LogP contribution in [0.1, 0.15) is 5.56 Å². The Hall–Kier alpha value is -3.87. The zero-order valence-corrected chi connectivity index (χ0v) is 13.7. The number of hydrazine groups is 2. The number of amidine groups is 1. The predicted octanol–water partition coefficient (Wildman–Crippen LogP) is 3.70. The minimum Gasteiger partial charge on any atom is -0.259 e. The highest BCUT2D eigenvalue weighted by atomic mass is 16.6. The van der Waals surface area contributed by atoms with E-state index in [2.05, 4.69) is 10.5 Å². The fourth-order valence-electron chi connectivity index (χ4n) is 2.65. The Balaban J connectivity index is 1.73. The van der Waals surface area contributed by atoms with Crippen molar-refractivity contribution in [3.8, 4) is 0 Å². The van der Waals surface area contributed by atoms with E-state index in [4.69, 9.17) is 0 Å². The fourth-order valence-corrected chi connectivity index (χ4v) is 2.65. The molecule has 0 aliphatic carbocycles. The molecule has 0 radical (unpaired) electrons. The van der Waals surface area contributed by atoms with Crippen LogP contribution in [0, 0.1) is 10.1 Å². The average molecular weight is 345 g/mol. The van der Waals surface area contributed by atoms with E-state index in [-0.39, 0.29) is 5.69 Å². The van der Waals surface area contributed by atoms with Crippen molar-refractivity contribution >= 4 is 22.9 Å². The molecule has 128 valence electrons. The monoisotopic (exact) mass is 345 g/mol. The van der Waals surface area contributed by atoms with Crippen molar-refractivity contribution in [2.45, 2.75) is 0 Å². The minimum atomic E-state index is -0.417. The van der Waals surface area contributed by atoms with E-state index in [1.165, 1.54) is 12.1 Å². The Bertz CT molecular complexity index is 943. The number of rotatable bonds is 4. The van der Waals surface area contributed by atoms with Crippen LogP contribution >= 0.6 is 0 Å². The maximum Gasteiger partial charge on any atom is 0.269 e. The first-order chi connectivity index (χ1) is 12.7. The maximum atomic E-state index is 10.9. The van der Waals surface area contributed by atoms with Gasteiger partial charge in [0.05, 0.1) is 16.3 Å². The summed E-state index contributed by atoms with van der Waals surface area (Å²) in [4.78, 5) is 10.5. The Morgan fingerprint density at radius 2 is 1.42 bits per heavy atom. The smallest absolute Gasteiger partial charge is 0.259 e. The van der Waals surface area contributed by atoms with Gasteiger partial charge in [-0.15, -0.1) is 5.10 Å². The number of hydrazone groups is 1. The summed E-state index contributed by atoms with van der Waals surface area (Å²) in [6, 6.07) is 25.8. The van der Waals surface area contributed by atoms with Crippen LogP contribution in [0.4, 0.5) is 17.1 Å². The molecule has 0 saturated heterocycles. The van der Waals surface area contributed by atoms with Crippen molar-refractivity contribution < 1.29 is 4.92 Å². The zero-order valence-electron chi connectivity index (χ0n) is 13.7. The number of nitrogens with one attached hydrogen (secondary N) is 1. The fraction of sp³-hybridized carbons (Fsp3) is 0. The third kappa shape index (κ3) is 2.93. The molecule has 4 rings (SSSR count). The molecule has 0 saturated carbocycles. The van der Waals surface area contributed by atoms with Gasteiger partial charge in [-0.05, 0) is 24.3 Å². The molecule has 1 aliphatic heterocycles. The molecule has 0 amide bonds. The topological polar surface area (TPSA) is 74.0 Å². The number of non-ortho nitro benzene ring substituents is 1. The van der Waals surface area contributed by atoms with Gasteiger partial charge in [0.2, 0.25) is 0 Å². The number of para-hydroxylation sites is 1. The molecule has 7 heteroatoms. The molecular weight excluding hydrogens is 330 g/mol. The van der Waals surface area contributed by atoms with Crippen LogP contribution in [0.5, 0.6) is 0 Å². The van der Waals surface area contributed by atoms with Crippen LogP contribution in [0.25, 0.3) is 0 Å². The van der Waals surface area contributed by atoms with Crippen LogP contribution in [-0.2, 0) is 0 Å². The van der Waals surface area contributed by atoms with E-state index < -0.39 is 4.92 Å². The van der Waals surface area contributed by atoms with Gasteiger partial charge in [0.15, 0.2) is 5.84 Å². The van der Waals surface area contributed by atoms with Gasteiger partial charge in [0, 0.05) is 17.7 Å². The molecule has 3 aromatic carbocycles. The second kappa shape index (κ2) is 6.56. The minimum absolute atomic E-state index is 0.0411. The van der Waals surface area contributed by atoms with E-state index in [1.54, 1.807) is 22.4 Å². The number of nitro benzene ring substituents is 1. The van der Waals surface area contributed by atoms with E-state index in [0.717, 1.165) is 11.3 Å². The molecule has 1 aliphatic rings. The normalized spacial score (nSPS) is 13.3. The molecule has 1 heterocycles. The SMILES string of the molecule is O=[N+]([O-])c1ccc(N2N=C(c3ccccc3)NN2c2ccccc2)cc1. The van der Waals surface area contributed by atoms with Crippen molar-refractivity contribution in [2.75, 3.05) is 10.2 Å². The third-order valence-corrected chi connectivity index (χ3v) is 3.94. The van der Waals surface area contributed by atoms with Crippen molar-refractivity contribution in [1.29, 1.82) is 0 Å². The highest BCUT2D eigenvalue weighted by molar-refractivity contribution is 6.02. The number of benzene rings is 3. The van der Waals surface area contributed by atoms with Gasteiger partial charge in [0.25, 0.3) is 5.69 Å². The largest absolute Gasteiger partial charge is 0.269 e. The lowest BCUT2D eigenvalue weighted by molar-refractivity contribution is -0.384. The zero-order chi connectivity index (χ0) is 17.9. The summed E-state index contributed by atoms with van der Waals surface area (Å²) in [7, 11) is 0. The number of hydrogen-bond acceptors (Lipinski definition) is 6. The van der Waals surface area contributed by atoms with Crippen LogP contribution in [0.15, 0.2) is 90.0 Å². The third-order valence-electron chi connectivity index (χ3n) is 3.94. The van der Waals surface area contributed by atoms with Gasteiger partial charge in [-0.25, -0.2) is 0 Å².